The van der Waals surface area contributed by atoms with E-state index in [1.54, 1.807) is 42.5 Å². The molecule has 0 aromatic heterocycles. The van der Waals surface area contributed by atoms with Gasteiger partial charge in [0.15, 0.2) is 0 Å². The monoisotopic (exact) mass is 436 g/mol. The second-order valence-corrected chi connectivity index (χ2v) is 8.57. The first-order valence-electron chi connectivity index (χ1n) is 9.15. The molecule has 0 unspecified atom stereocenters. The lowest BCUT2D eigenvalue weighted by Crippen LogP contribution is -2.34. The number of hydroxylamine groups is 2. The largest absolute Gasteiger partial charge is 0.365 e. The van der Waals surface area contributed by atoms with Gasteiger partial charge in [-0.3, -0.25) is 13.9 Å². The molecule has 3 aromatic rings. The van der Waals surface area contributed by atoms with Crippen molar-refractivity contribution in [2.45, 2.75) is 4.90 Å². The average Bonchev–Trinajstić information content (AvgIpc) is 3.04. The van der Waals surface area contributed by atoms with Gasteiger partial charge in [-0.1, -0.05) is 47.5 Å². The fourth-order valence-corrected chi connectivity index (χ4v) is 4.54. The number of hydrogen-bond donors (Lipinski definition) is 0. The van der Waals surface area contributed by atoms with E-state index >= 15 is 0 Å². The van der Waals surface area contributed by atoms with Crippen LogP contribution in [0.15, 0.2) is 83.8 Å². The van der Waals surface area contributed by atoms with Crippen LogP contribution >= 0.6 is 0 Å². The van der Waals surface area contributed by atoms with Crippen molar-refractivity contribution in [3.63, 3.8) is 0 Å². The third-order valence-corrected chi connectivity index (χ3v) is 6.64. The van der Waals surface area contributed by atoms with Gasteiger partial charge in [0.25, 0.3) is 21.8 Å². The van der Waals surface area contributed by atoms with Gasteiger partial charge in [-0.25, -0.2) is 13.2 Å². The highest BCUT2D eigenvalue weighted by Crippen LogP contribution is 2.27. The molecule has 2 amide bonds. The molecule has 0 radical (unpaired) electrons. The van der Waals surface area contributed by atoms with E-state index < -0.39 is 27.8 Å². The van der Waals surface area contributed by atoms with E-state index in [0.717, 1.165) is 4.31 Å². The summed E-state index contributed by atoms with van der Waals surface area (Å²) in [5.41, 5.74) is 0.294. The summed E-state index contributed by atoms with van der Waals surface area (Å²) in [6.07, 6.45) is 0. The van der Waals surface area contributed by atoms with E-state index in [4.69, 9.17) is 4.84 Å². The van der Waals surface area contributed by atoms with Crippen LogP contribution in [0, 0.1) is 0 Å². The number of anilines is 1. The highest BCUT2D eigenvalue weighted by molar-refractivity contribution is 7.92. The van der Waals surface area contributed by atoms with Crippen LogP contribution in [0.25, 0.3) is 0 Å². The second kappa shape index (κ2) is 7.69. The van der Waals surface area contributed by atoms with Crippen LogP contribution in [0.1, 0.15) is 31.1 Å². The molecular formula is C22H16N2O6S. The van der Waals surface area contributed by atoms with Crippen molar-refractivity contribution in [2.24, 2.45) is 0 Å². The Balaban J connectivity index is 1.66. The maximum Gasteiger partial charge on any atom is 0.365 e. The number of benzene rings is 3. The minimum absolute atomic E-state index is 0.102. The molecule has 0 N–H and O–H groups in total. The molecule has 0 spiro atoms. The SMILES string of the molecule is CN(c1ccccc1)S(=O)(=O)c1ccccc1C(=O)ON1C(=O)c2ccccc2C1=O. The van der Waals surface area contributed by atoms with Gasteiger partial charge < -0.3 is 4.84 Å². The fraction of sp³-hybridized carbons (Fsp3) is 0.0455. The minimum Gasteiger partial charge on any atom is -0.324 e. The lowest BCUT2D eigenvalue weighted by atomic mass is 10.1. The Labute approximate surface area is 178 Å². The molecule has 0 saturated heterocycles. The third kappa shape index (κ3) is 3.44. The Morgan fingerprint density at radius 1 is 0.806 bits per heavy atom. The van der Waals surface area contributed by atoms with Crippen molar-refractivity contribution in [3.8, 4) is 0 Å². The van der Waals surface area contributed by atoms with E-state index in [9.17, 15) is 22.8 Å². The quantitative estimate of drug-likeness (QED) is 0.570. The number of nitrogens with zero attached hydrogens (tertiary/aromatic N) is 2. The molecule has 156 valence electrons. The zero-order chi connectivity index (χ0) is 22.2. The first-order valence-corrected chi connectivity index (χ1v) is 10.6. The van der Waals surface area contributed by atoms with Gasteiger partial charge in [-0.2, -0.15) is 0 Å². The molecule has 31 heavy (non-hydrogen) atoms. The van der Waals surface area contributed by atoms with Gasteiger partial charge in [0.2, 0.25) is 0 Å². The first-order chi connectivity index (χ1) is 14.8. The lowest BCUT2D eigenvalue weighted by molar-refractivity contribution is -0.0587. The van der Waals surface area contributed by atoms with Gasteiger partial charge in [0.1, 0.15) is 4.90 Å². The van der Waals surface area contributed by atoms with E-state index in [1.807, 2.05) is 0 Å². The number of imide groups is 1. The number of amides is 2. The summed E-state index contributed by atoms with van der Waals surface area (Å²) in [6, 6.07) is 19.8. The van der Waals surface area contributed by atoms with Crippen LogP contribution < -0.4 is 4.31 Å². The number of fused-ring (bicyclic) bond motifs is 1. The molecule has 8 nitrogen and oxygen atoms in total. The summed E-state index contributed by atoms with van der Waals surface area (Å²) in [5, 5.41) is 0.345. The molecule has 3 aromatic carbocycles. The highest BCUT2D eigenvalue weighted by atomic mass is 32.2. The Morgan fingerprint density at radius 2 is 1.32 bits per heavy atom. The van der Waals surface area contributed by atoms with Crippen molar-refractivity contribution in [3.05, 3.63) is 95.6 Å². The van der Waals surface area contributed by atoms with Crippen molar-refractivity contribution in [1.82, 2.24) is 5.06 Å². The molecule has 0 saturated carbocycles. The molecule has 4 rings (SSSR count). The molecule has 0 bridgehead atoms. The van der Waals surface area contributed by atoms with Crippen LogP contribution in [-0.4, -0.2) is 38.3 Å². The number of hydrogen-bond acceptors (Lipinski definition) is 6. The Bertz CT molecular complexity index is 1270. The van der Waals surface area contributed by atoms with Crippen LogP contribution in [0.3, 0.4) is 0 Å². The zero-order valence-electron chi connectivity index (χ0n) is 16.3. The van der Waals surface area contributed by atoms with E-state index in [1.165, 1.54) is 43.4 Å². The van der Waals surface area contributed by atoms with Crippen LogP contribution in [0.5, 0.6) is 0 Å². The standard InChI is InChI=1S/C22H16N2O6S/c1-23(15-9-3-2-4-10-15)31(28,29)19-14-8-7-13-18(19)22(27)30-24-20(25)16-11-5-6-12-17(16)21(24)26/h2-14H,1H3. The predicted octanol–water partition coefficient (Wildman–Crippen LogP) is 2.88. The summed E-state index contributed by atoms with van der Waals surface area (Å²) in [4.78, 5) is 42.4. The van der Waals surface area contributed by atoms with E-state index in [2.05, 4.69) is 0 Å². The fourth-order valence-electron chi connectivity index (χ4n) is 3.17. The number of rotatable bonds is 5. The summed E-state index contributed by atoms with van der Waals surface area (Å²) in [6.45, 7) is 0. The van der Waals surface area contributed by atoms with Gasteiger partial charge in [0, 0.05) is 7.05 Å². The Kier molecular flexibility index (Phi) is 5.04. The second-order valence-electron chi connectivity index (χ2n) is 6.63. The smallest absolute Gasteiger partial charge is 0.324 e. The summed E-state index contributed by atoms with van der Waals surface area (Å²) in [7, 11) is -2.78. The maximum absolute atomic E-state index is 13.2. The highest BCUT2D eigenvalue weighted by Gasteiger charge is 2.39. The number of carbonyl (C=O) groups is 3. The number of para-hydroxylation sites is 1. The average molecular weight is 436 g/mol. The normalized spacial score (nSPS) is 13.1. The Morgan fingerprint density at radius 3 is 1.94 bits per heavy atom. The lowest BCUT2D eigenvalue weighted by Gasteiger charge is -2.21. The molecule has 1 aliphatic rings. The first kappa shape index (κ1) is 20.3. The summed E-state index contributed by atoms with van der Waals surface area (Å²) >= 11 is 0. The van der Waals surface area contributed by atoms with Gasteiger partial charge in [0.05, 0.1) is 22.4 Å². The number of carbonyl (C=O) groups excluding carboxylic acids is 3. The van der Waals surface area contributed by atoms with E-state index in [-0.39, 0.29) is 21.6 Å². The summed E-state index contributed by atoms with van der Waals surface area (Å²) in [5.74, 6) is -2.73. The molecular weight excluding hydrogens is 420 g/mol. The van der Waals surface area contributed by atoms with Crippen molar-refractivity contribution in [1.29, 1.82) is 0 Å². The van der Waals surface area contributed by atoms with Crippen molar-refractivity contribution in [2.75, 3.05) is 11.4 Å². The van der Waals surface area contributed by atoms with Crippen LogP contribution in [0.2, 0.25) is 0 Å². The minimum atomic E-state index is -4.14. The summed E-state index contributed by atoms with van der Waals surface area (Å²) < 4.78 is 27.4. The van der Waals surface area contributed by atoms with Crippen molar-refractivity contribution >= 4 is 33.5 Å². The van der Waals surface area contributed by atoms with Gasteiger partial charge >= 0.3 is 5.97 Å². The third-order valence-electron chi connectivity index (χ3n) is 4.80. The molecule has 0 atom stereocenters. The Hall–Kier alpha value is -3.98. The molecule has 9 heteroatoms. The van der Waals surface area contributed by atoms with Gasteiger partial charge in [-0.15, -0.1) is 0 Å². The van der Waals surface area contributed by atoms with Crippen LogP contribution in [-0.2, 0) is 14.9 Å². The zero-order valence-corrected chi connectivity index (χ0v) is 17.1. The molecule has 0 fully saturated rings. The maximum atomic E-state index is 13.2. The molecule has 1 aliphatic heterocycles. The molecule has 1 heterocycles. The van der Waals surface area contributed by atoms with Gasteiger partial charge in [-0.05, 0) is 36.4 Å². The number of sulfonamides is 1. The van der Waals surface area contributed by atoms with Crippen molar-refractivity contribution < 1.29 is 27.6 Å². The molecule has 0 aliphatic carbocycles. The van der Waals surface area contributed by atoms with E-state index in [0.29, 0.717) is 10.8 Å². The predicted molar refractivity (Wildman–Crippen MR) is 111 cm³/mol. The van der Waals surface area contributed by atoms with Crippen LogP contribution in [0.4, 0.5) is 5.69 Å². The topological polar surface area (TPSA) is 101 Å².